The van der Waals surface area contributed by atoms with Gasteiger partial charge in [0.2, 0.25) is 0 Å². The van der Waals surface area contributed by atoms with E-state index in [0.717, 1.165) is 12.0 Å². The second-order valence-corrected chi connectivity index (χ2v) is 5.79. The fourth-order valence-corrected chi connectivity index (χ4v) is 1.63. The Morgan fingerprint density at radius 1 is 1.29 bits per heavy atom. The van der Waals surface area contributed by atoms with Gasteiger partial charge in [-0.25, -0.2) is 0 Å². The van der Waals surface area contributed by atoms with Gasteiger partial charge in [-0.3, -0.25) is 4.79 Å². The number of hydrogen-bond donors (Lipinski definition) is 1. The number of carbonyl (C=O) groups excluding carboxylic acids is 1. The molecule has 17 heavy (non-hydrogen) atoms. The molecule has 0 bridgehead atoms. The van der Waals surface area contributed by atoms with Crippen molar-refractivity contribution < 1.29 is 4.79 Å². The van der Waals surface area contributed by atoms with Crippen molar-refractivity contribution in [3.63, 3.8) is 0 Å². The van der Waals surface area contributed by atoms with Crippen LogP contribution in [-0.4, -0.2) is 17.3 Å². The molecule has 0 spiro atoms. The van der Waals surface area contributed by atoms with Crippen molar-refractivity contribution in [1.82, 2.24) is 5.32 Å². The average molecular weight is 298 g/mol. The van der Waals surface area contributed by atoms with E-state index < -0.39 is 0 Å². The summed E-state index contributed by atoms with van der Waals surface area (Å²) in [6.07, 6.45) is 1.01. The molecule has 0 radical (unpaired) electrons. The Balaban J connectivity index is 2.58. The molecule has 0 fully saturated rings. The van der Waals surface area contributed by atoms with Gasteiger partial charge in [0, 0.05) is 16.9 Å². The molecule has 2 nitrogen and oxygen atoms in total. The first-order valence-electron chi connectivity index (χ1n) is 6.06. The lowest BCUT2D eigenvalue weighted by atomic mass is 10.0. The highest BCUT2D eigenvalue weighted by molar-refractivity contribution is 9.09. The summed E-state index contributed by atoms with van der Waals surface area (Å²) in [5.74, 6) is 0.498. The predicted octanol–water partition coefficient (Wildman–Crippen LogP) is 3.71. The van der Waals surface area contributed by atoms with Crippen LogP contribution in [0.1, 0.15) is 49.0 Å². The number of hydrogen-bond acceptors (Lipinski definition) is 1. The number of nitrogens with one attached hydrogen (secondary N) is 1. The number of amides is 1. The van der Waals surface area contributed by atoms with Crippen LogP contribution in [0.15, 0.2) is 24.3 Å². The van der Waals surface area contributed by atoms with Gasteiger partial charge in [-0.2, -0.15) is 0 Å². The van der Waals surface area contributed by atoms with Crippen molar-refractivity contribution in [3.05, 3.63) is 35.4 Å². The Bertz CT molecular complexity index is 359. The molecule has 1 N–H and O–H groups in total. The van der Waals surface area contributed by atoms with E-state index in [2.05, 4.69) is 42.0 Å². The SMILES string of the molecule is CCC(Br)CNC(=O)c1ccc(C(C)C)cc1. The number of benzene rings is 1. The molecule has 0 aliphatic rings. The average Bonchev–Trinajstić information content (AvgIpc) is 2.35. The summed E-state index contributed by atoms with van der Waals surface area (Å²) < 4.78 is 0. The standard InChI is InChI=1S/C14H20BrNO/c1-4-13(15)9-16-14(17)12-7-5-11(6-8-12)10(2)3/h5-8,10,13H,4,9H2,1-3H3,(H,16,17). The maximum atomic E-state index is 11.8. The van der Waals surface area contributed by atoms with Crippen molar-refractivity contribution in [3.8, 4) is 0 Å². The van der Waals surface area contributed by atoms with E-state index >= 15 is 0 Å². The van der Waals surface area contributed by atoms with E-state index in [1.165, 1.54) is 5.56 Å². The zero-order chi connectivity index (χ0) is 12.8. The van der Waals surface area contributed by atoms with Gasteiger partial charge in [0.25, 0.3) is 5.91 Å². The summed E-state index contributed by atoms with van der Waals surface area (Å²) in [5, 5.41) is 2.91. The van der Waals surface area contributed by atoms with Crippen LogP contribution in [0.25, 0.3) is 0 Å². The van der Waals surface area contributed by atoms with Gasteiger partial charge in [0.1, 0.15) is 0 Å². The van der Waals surface area contributed by atoms with Gasteiger partial charge in [-0.05, 0) is 30.0 Å². The number of carbonyl (C=O) groups is 1. The molecule has 1 aromatic rings. The summed E-state index contributed by atoms with van der Waals surface area (Å²) in [5.41, 5.74) is 1.98. The Hall–Kier alpha value is -0.830. The third-order valence-electron chi connectivity index (χ3n) is 2.77. The zero-order valence-electron chi connectivity index (χ0n) is 10.7. The van der Waals surface area contributed by atoms with Gasteiger partial charge >= 0.3 is 0 Å². The largest absolute Gasteiger partial charge is 0.351 e. The minimum Gasteiger partial charge on any atom is -0.351 e. The van der Waals surface area contributed by atoms with E-state index in [4.69, 9.17) is 0 Å². The minimum atomic E-state index is -0.00166. The van der Waals surface area contributed by atoms with Crippen molar-refractivity contribution >= 4 is 21.8 Å². The van der Waals surface area contributed by atoms with Gasteiger partial charge < -0.3 is 5.32 Å². The van der Waals surface area contributed by atoms with Crippen LogP contribution in [0, 0.1) is 0 Å². The van der Waals surface area contributed by atoms with Crippen LogP contribution < -0.4 is 5.32 Å². The Morgan fingerprint density at radius 3 is 2.35 bits per heavy atom. The summed E-state index contributed by atoms with van der Waals surface area (Å²) in [6.45, 7) is 7.04. The van der Waals surface area contributed by atoms with E-state index in [1.807, 2.05) is 24.3 Å². The molecular formula is C14H20BrNO. The van der Waals surface area contributed by atoms with Crippen LogP contribution in [0.5, 0.6) is 0 Å². The first-order valence-corrected chi connectivity index (χ1v) is 6.98. The first-order chi connectivity index (χ1) is 8.04. The maximum absolute atomic E-state index is 11.8. The quantitative estimate of drug-likeness (QED) is 0.825. The Morgan fingerprint density at radius 2 is 1.88 bits per heavy atom. The fourth-order valence-electron chi connectivity index (χ4n) is 1.47. The topological polar surface area (TPSA) is 29.1 Å². The fraction of sp³-hybridized carbons (Fsp3) is 0.500. The van der Waals surface area contributed by atoms with Crippen LogP contribution in [0.2, 0.25) is 0 Å². The van der Waals surface area contributed by atoms with E-state index in [1.54, 1.807) is 0 Å². The molecule has 1 aromatic carbocycles. The lowest BCUT2D eigenvalue weighted by Crippen LogP contribution is -2.29. The molecule has 0 saturated heterocycles. The van der Waals surface area contributed by atoms with Crippen molar-refractivity contribution in [2.45, 2.75) is 37.9 Å². The van der Waals surface area contributed by atoms with E-state index in [0.29, 0.717) is 17.3 Å². The van der Waals surface area contributed by atoms with Crippen LogP contribution in [0.3, 0.4) is 0 Å². The molecule has 1 amide bonds. The summed E-state index contributed by atoms with van der Waals surface area (Å²) in [7, 11) is 0. The molecule has 0 saturated carbocycles. The molecule has 1 unspecified atom stereocenters. The molecule has 1 atom stereocenters. The molecule has 0 aliphatic heterocycles. The highest BCUT2D eigenvalue weighted by Gasteiger charge is 2.08. The monoisotopic (exact) mass is 297 g/mol. The second kappa shape index (κ2) is 6.80. The smallest absolute Gasteiger partial charge is 0.251 e. The third kappa shape index (κ3) is 4.50. The summed E-state index contributed by atoms with van der Waals surface area (Å²) in [6, 6.07) is 7.82. The molecule has 0 aliphatic carbocycles. The predicted molar refractivity (Wildman–Crippen MR) is 75.9 cm³/mol. The van der Waals surface area contributed by atoms with Crippen LogP contribution in [0.4, 0.5) is 0 Å². The normalized spacial score (nSPS) is 12.5. The molecule has 0 heterocycles. The first kappa shape index (κ1) is 14.2. The maximum Gasteiger partial charge on any atom is 0.251 e. The number of halogens is 1. The van der Waals surface area contributed by atoms with Crippen LogP contribution in [-0.2, 0) is 0 Å². The van der Waals surface area contributed by atoms with Gasteiger partial charge in [0.05, 0.1) is 0 Å². The highest BCUT2D eigenvalue weighted by atomic mass is 79.9. The highest BCUT2D eigenvalue weighted by Crippen LogP contribution is 2.14. The minimum absolute atomic E-state index is 0.00166. The van der Waals surface area contributed by atoms with Gasteiger partial charge in [-0.1, -0.05) is 48.8 Å². The van der Waals surface area contributed by atoms with E-state index in [9.17, 15) is 4.79 Å². The summed E-state index contributed by atoms with van der Waals surface area (Å²) >= 11 is 3.49. The van der Waals surface area contributed by atoms with Crippen molar-refractivity contribution in [2.75, 3.05) is 6.54 Å². The summed E-state index contributed by atoms with van der Waals surface area (Å²) in [4.78, 5) is 12.2. The Kier molecular flexibility index (Phi) is 5.69. The zero-order valence-corrected chi connectivity index (χ0v) is 12.3. The van der Waals surface area contributed by atoms with Crippen LogP contribution >= 0.6 is 15.9 Å². The lowest BCUT2D eigenvalue weighted by molar-refractivity contribution is 0.0954. The second-order valence-electron chi connectivity index (χ2n) is 4.49. The molecule has 0 aromatic heterocycles. The molecule has 1 rings (SSSR count). The number of alkyl halides is 1. The third-order valence-corrected chi connectivity index (χ3v) is 3.74. The molecule has 94 valence electrons. The van der Waals surface area contributed by atoms with Crippen molar-refractivity contribution in [2.24, 2.45) is 0 Å². The van der Waals surface area contributed by atoms with Gasteiger partial charge in [0.15, 0.2) is 0 Å². The van der Waals surface area contributed by atoms with Gasteiger partial charge in [-0.15, -0.1) is 0 Å². The molecule has 3 heteroatoms. The lowest BCUT2D eigenvalue weighted by Gasteiger charge is -2.10. The molecular weight excluding hydrogens is 278 g/mol. The van der Waals surface area contributed by atoms with E-state index in [-0.39, 0.29) is 5.91 Å². The number of rotatable bonds is 5. The van der Waals surface area contributed by atoms with Crippen molar-refractivity contribution in [1.29, 1.82) is 0 Å². The Labute approximate surface area is 112 Å².